The highest BCUT2D eigenvalue weighted by molar-refractivity contribution is 6.35. The Morgan fingerprint density at radius 1 is 1.43 bits per heavy atom. The summed E-state index contributed by atoms with van der Waals surface area (Å²) in [5.41, 5.74) is 5.90. The molecule has 1 aromatic carbocycles. The zero-order chi connectivity index (χ0) is 15.4. The normalized spacial score (nSPS) is 17.6. The largest absolute Gasteiger partial charge is 0.482 e. The van der Waals surface area contributed by atoms with E-state index in [1.165, 1.54) is 0 Å². The van der Waals surface area contributed by atoms with Crippen molar-refractivity contribution in [2.45, 2.75) is 25.8 Å². The number of amides is 1. The molecule has 1 saturated heterocycles. The van der Waals surface area contributed by atoms with Crippen LogP contribution in [0.4, 0.5) is 0 Å². The summed E-state index contributed by atoms with van der Waals surface area (Å²) in [6, 6.07) is 5.13. The summed E-state index contributed by atoms with van der Waals surface area (Å²) >= 11 is 11.8. The average molecular weight is 331 g/mol. The van der Waals surface area contributed by atoms with Gasteiger partial charge >= 0.3 is 0 Å². The lowest BCUT2D eigenvalue weighted by Crippen LogP contribution is -2.44. The van der Waals surface area contributed by atoms with E-state index in [4.69, 9.17) is 33.7 Å². The van der Waals surface area contributed by atoms with Crippen LogP contribution in [0.5, 0.6) is 5.75 Å². The van der Waals surface area contributed by atoms with Gasteiger partial charge in [-0.15, -0.1) is 0 Å². The maximum Gasteiger partial charge on any atom is 0.260 e. The van der Waals surface area contributed by atoms with Gasteiger partial charge in [-0.05, 0) is 43.9 Å². The van der Waals surface area contributed by atoms with Crippen molar-refractivity contribution in [3.63, 3.8) is 0 Å². The number of hydrogen-bond acceptors (Lipinski definition) is 3. The van der Waals surface area contributed by atoms with Gasteiger partial charge in [-0.1, -0.05) is 23.2 Å². The molecule has 4 nitrogen and oxygen atoms in total. The van der Waals surface area contributed by atoms with Crippen LogP contribution in [0.15, 0.2) is 18.2 Å². The summed E-state index contributed by atoms with van der Waals surface area (Å²) < 4.78 is 5.47. The molecule has 1 amide bonds. The average Bonchev–Trinajstić information content (AvgIpc) is 2.46. The molecule has 0 radical (unpaired) electrons. The van der Waals surface area contributed by atoms with Crippen LogP contribution in [0.3, 0.4) is 0 Å². The van der Waals surface area contributed by atoms with Crippen LogP contribution in [-0.2, 0) is 4.79 Å². The molecule has 21 heavy (non-hydrogen) atoms. The smallest absolute Gasteiger partial charge is 0.260 e. The van der Waals surface area contributed by atoms with Crippen LogP contribution in [0.1, 0.15) is 19.8 Å². The molecular formula is C15H20Cl2N2O2. The fraction of sp³-hybridized carbons (Fsp3) is 0.533. The zero-order valence-electron chi connectivity index (χ0n) is 12.0. The van der Waals surface area contributed by atoms with Crippen LogP contribution < -0.4 is 10.5 Å². The first kappa shape index (κ1) is 16.4. The molecule has 2 rings (SSSR count). The van der Waals surface area contributed by atoms with Crippen molar-refractivity contribution in [2.75, 3.05) is 19.7 Å². The van der Waals surface area contributed by atoms with Crippen LogP contribution in [0, 0.1) is 5.92 Å². The van der Waals surface area contributed by atoms with Crippen molar-refractivity contribution in [1.82, 2.24) is 4.90 Å². The third-order valence-electron chi connectivity index (χ3n) is 3.88. The highest BCUT2D eigenvalue weighted by Gasteiger charge is 2.25. The Hall–Kier alpha value is -0.970. The minimum atomic E-state index is -0.0239. The van der Waals surface area contributed by atoms with Gasteiger partial charge in [0.25, 0.3) is 5.91 Å². The third kappa shape index (κ3) is 4.50. The van der Waals surface area contributed by atoms with Crippen LogP contribution in [0.2, 0.25) is 10.0 Å². The second-order valence-corrected chi connectivity index (χ2v) is 6.28. The number of carbonyl (C=O) groups is 1. The molecular weight excluding hydrogens is 311 g/mol. The van der Waals surface area contributed by atoms with Gasteiger partial charge < -0.3 is 15.4 Å². The van der Waals surface area contributed by atoms with Gasteiger partial charge in [0.2, 0.25) is 0 Å². The Balaban J connectivity index is 1.82. The minimum absolute atomic E-state index is 0.00972. The van der Waals surface area contributed by atoms with Crippen molar-refractivity contribution >= 4 is 29.1 Å². The fourth-order valence-electron chi connectivity index (χ4n) is 2.50. The van der Waals surface area contributed by atoms with E-state index in [-0.39, 0.29) is 18.6 Å². The molecule has 2 N–H and O–H groups in total. The van der Waals surface area contributed by atoms with Crippen LogP contribution >= 0.6 is 23.2 Å². The first-order chi connectivity index (χ1) is 9.97. The molecule has 0 aromatic heterocycles. The summed E-state index contributed by atoms with van der Waals surface area (Å²) in [6.07, 6.45) is 1.90. The second kappa shape index (κ2) is 7.34. The van der Waals surface area contributed by atoms with Crippen molar-refractivity contribution < 1.29 is 9.53 Å². The monoisotopic (exact) mass is 330 g/mol. The quantitative estimate of drug-likeness (QED) is 0.923. The lowest BCUT2D eigenvalue weighted by atomic mass is 9.91. The summed E-state index contributed by atoms with van der Waals surface area (Å²) in [5, 5.41) is 0.947. The number of rotatable bonds is 4. The number of carbonyl (C=O) groups excluding carboxylic acids is 1. The van der Waals surface area contributed by atoms with Crippen molar-refractivity contribution in [3.05, 3.63) is 28.2 Å². The number of benzene rings is 1. The number of likely N-dealkylation sites (tertiary alicyclic amines) is 1. The van der Waals surface area contributed by atoms with Crippen molar-refractivity contribution in [3.8, 4) is 5.75 Å². The standard InChI is InChI=1S/C15H20Cl2N2O2/c1-10(18)11-4-6-19(7-5-11)15(20)9-21-14-3-2-12(16)8-13(14)17/h2-3,8,10-11H,4-7,9,18H2,1H3. The number of ether oxygens (including phenoxy) is 1. The molecule has 0 aliphatic carbocycles. The first-order valence-corrected chi connectivity index (χ1v) is 7.84. The molecule has 1 heterocycles. The van der Waals surface area contributed by atoms with Crippen LogP contribution in [0.25, 0.3) is 0 Å². The first-order valence-electron chi connectivity index (χ1n) is 7.08. The van der Waals surface area contributed by atoms with Gasteiger partial charge in [-0.25, -0.2) is 0 Å². The molecule has 1 atom stereocenters. The molecule has 1 aromatic rings. The van der Waals surface area contributed by atoms with Gasteiger partial charge in [0, 0.05) is 24.2 Å². The summed E-state index contributed by atoms with van der Waals surface area (Å²) in [7, 11) is 0. The number of piperidine rings is 1. The molecule has 0 spiro atoms. The minimum Gasteiger partial charge on any atom is -0.482 e. The van der Waals surface area contributed by atoms with Gasteiger partial charge in [-0.2, -0.15) is 0 Å². The second-order valence-electron chi connectivity index (χ2n) is 5.44. The highest BCUT2D eigenvalue weighted by Crippen LogP contribution is 2.27. The Morgan fingerprint density at radius 3 is 2.67 bits per heavy atom. The van der Waals surface area contributed by atoms with E-state index in [1.54, 1.807) is 18.2 Å². The van der Waals surface area contributed by atoms with Gasteiger partial charge in [0.05, 0.1) is 5.02 Å². The molecule has 6 heteroatoms. The van der Waals surface area contributed by atoms with Crippen LogP contribution in [-0.4, -0.2) is 36.5 Å². The maximum atomic E-state index is 12.1. The summed E-state index contributed by atoms with van der Waals surface area (Å²) in [4.78, 5) is 13.9. The fourth-order valence-corrected chi connectivity index (χ4v) is 2.96. The maximum absolute atomic E-state index is 12.1. The highest BCUT2D eigenvalue weighted by atomic mass is 35.5. The Kier molecular flexibility index (Phi) is 5.73. The summed E-state index contributed by atoms with van der Waals surface area (Å²) in [5.74, 6) is 0.949. The predicted octanol–water partition coefficient (Wildman–Crippen LogP) is 2.96. The number of halogens is 2. The Morgan fingerprint density at radius 2 is 2.10 bits per heavy atom. The van der Waals surface area contributed by atoms with E-state index in [0.717, 1.165) is 25.9 Å². The molecule has 116 valence electrons. The number of nitrogens with zero attached hydrogens (tertiary/aromatic N) is 1. The lowest BCUT2D eigenvalue weighted by Gasteiger charge is -2.33. The van der Waals surface area contributed by atoms with E-state index in [2.05, 4.69) is 0 Å². The molecule has 1 aliphatic heterocycles. The summed E-state index contributed by atoms with van der Waals surface area (Å²) in [6.45, 7) is 3.49. The predicted molar refractivity (Wildman–Crippen MR) is 84.9 cm³/mol. The van der Waals surface area contributed by atoms with E-state index >= 15 is 0 Å². The van der Waals surface area contributed by atoms with E-state index in [0.29, 0.717) is 21.7 Å². The number of hydrogen-bond donors (Lipinski definition) is 1. The van der Waals surface area contributed by atoms with Crippen molar-refractivity contribution in [2.24, 2.45) is 11.7 Å². The van der Waals surface area contributed by atoms with Gasteiger partial charge in [0.1, 0.15) is 5.75 Å². The Labute approximate surface area is 135 Å². The van der Waals surface area contributed by atoms with E-state index in [9.17, 15) is 4.79 Å². The molecule has 0 bridgehead atoms. The number of nitrogens with two attached hydrogens (primary N) is 1. The Bertz CT molecular complexity index is 500. The van der Waals surface area contributed by atoms with Crippen molar-refractivity contribution in [1.29, 1.82) is 0 Å². The SMILES string of the molecule is CC(N)C1CCN(C(=O)COc2ccc(Cl)cc2Cl)CC1. The van der Waals surface area contributed by atoms with E-state index in [1.807, 2.05) is 11.8 Å². The molecule has 1 unspecified atom stereocenters. The molecule has 1 fully saturated rings. The molecule has 0 saturated carbocycles. The van der Waals surface area contributed by atoms with E-state index < -0.39 is 0 Å². The van der Waals surface area contributed by atoms with Gasteiger partial charge in [0.15, 0.2) is 6.61 Å². The van der Waals surface area contributed by atoms with Gasteiger partial charge in [-0.3, -0.25) is 4.79 Å². The zero-order valence-corrected chi connectivity index (χ0v) is 13.5. The molecule has 1 aliphatic rings. The third-order valence-corrected chi connectivity index (χ3v) is 4.41. The topological polar surface area (TPSA) is 55.6 Å². The lowest BCUT2D eigenvalue weighted by molar-refractivity contribution is -0.134.